The van der Waals surface area contributed by atoms with E-state index in [1.807, 2.05) is 44.1 Å². The Morgan fingerprint density at radius 2 is 1.85 bits per heavy atom. The van der Waals surface area contributed by atoms with E-state index in [1.54, 1.807) is 18.9 Å². The van der Waals surface area contributed by atoms with E-state index in [1.165, 1.54) is 11.7 Å². The van der Waals surface area contributed by atoms with E-state index >= 15 is 0 Å². The number of carbonyl (C=O) groups excluding carboxylic acids is 1. The Bertz CT molecular complexity index is 972. The van der Waals surface area contributed by atoms with E-state index in [-0.39, 0.29) is 23.9 Å². The zero-order valence-electron chi connectivity index (χ0n) is 20.4. The van der Waals surface area contributed by atoms with Crippen LogP contribution in [0, 0.1) is 0 Å². The molecule has 0 atom stereocenters. The number of aliphatic hydroxyl groups excluding tert-OH is 1. The fraction of sp³-hybridized carbons (Fsp3) is 0.522. The summed E-state index contributed by atoms with van der Waals surface area (Å²) in [5.74, 6) is 0.529. The predicted molar refractivity (Wildman–Crippen MR) is 134 cm³/mol. The fourth-order valence-electron chi connectivity index (χ4n) is 3.17. The van der Waals surface area contributed by atoms with Crippen molar-refractivity contribution in [2.75, 3.05) is 51.5 Å². The number of methoxy groups -OCH3 is 1. The van der Waals surface area contributed by atoms with Gasteiger partial charge in [-0.2, -0.15) is 0 Å². The van der Waals surface area contributed by atoms with E-state index in [9.17, 15) is 9.59 Å². The third-order valence-corrected chi connectivity index (χ3v) is 5.30. The van der Waals surface area contributed by atoms with Crippen LogP contribution < -0.4 is 16.2 Å². The number of nitrogens with zero attached hydrogens (tertiary/aromatic N) is 4. The summed E-state index contributed by atoms with van der Waals surface area (Å²) in [6.07, 6.45) is 2.65. The molecule has 3 N–H and O–H groups in total. The number of rotatable bonds is 3. The van der Waals surface area contributed by atoms with Crippen molar-refractivity contribution >= 4 is 29.1 Å². The van der Waals surface area contributed by atoms with Gasteiger partial charge in [0.15, 0.2) is 0 Å². The number of likely N-dealkylation sites (tertiary alicyclic amines) is 1. The Balaban J connectivity index is 0.000000375. The standard InChI is InChI=1S/C15H19ClN4O.C6H11NO2.C2H6O/c1-5-12-13(17)15(21)20(4)14(18-12)10-7-6-9(19(2)3)8-11(10)16;1-9-6(8)7-4-2-3-5-7;1-2-3/h6-8H,5,17H2,1-4H3;2-5H2,1H3;3H,2H2,1H3. The topological polar surface area (TPSA) is 114 Å². The first kappa shape index (κ1) is 28.3. The van der Waals surface area contributed by atoms with E-state index in [0.717, 1.165) is 37.2 Å². The lowest BCUT2D eigenvalue weighted by molar-refractivity contribution is 0.133. The van der Waals surface area contributed by atoms with Gasteiger partial charge in [0, 0.05) is 52.1 Å². The van der Waals surface area contributed by atoms with Crippen LogP contribution in [0.5, 0.6) is 0 Å². The monoisotopic (exact) mass is 481 g/mol. The second kappa shape index (κ2) is 13.7. The molecule has 0 aliphatic carbocycles. The summed E-state index contributed by atoms with van der Waals surface area (Å²) in [6, 6.07) is 5.66. The maximum atomic E-state index is 12.2. The number of hydrogen-bond donors (Lipinski definition) is 2. The molecule has 1 aliphatic heterocycles. The Morgan fingerprint density at radius 1 is 1.27 bits per heavy atom. The summed E-state index contributed by atoms with van der Waals surface area (Å²) in [5.41, 5.74) is 8.06. The number of aliphatic hydroxyl groups is 1. The molecule has 33 heavy (non-hydrogen) atoms. The molecular weight excluding hydrogens is 446 g/mol. The maximum Gasteiger partial charge on any atom is 0.409 e. The second-order valence-corrected chi connectivity index (χ2v) is 7.96. The van der Waals surface area contributed by atoms with Crippen LogP contribution in [0.15, 0.2) is 23.0 Å². The average Bonchev–Trinajstić information content (AvgIpc) is 3.33. The summed E-state index contributed by atoms with van der Waals surface area (Å²) in [4.78, 5) is 31.1. The molecule has 2 heterocycles. The molecular formula is C23H36ClN5O4. The summed E-state index contributed by atoms with van der Waals surface area (Å²) >= 11 is 6.35. The molecule has 0 bridgehead atoms. The van der Waals surface area contributed by atoms with Crippen molar-refractivity contribution in [1.29, 1.82) is 0 Å². The molecule has 10 heteroatoms. The van der Waals surface area contributed by atoms with Gasteiger partial charge in [0.25, 0.3) is 5.56 Å². The summed E-state index contributed by atoms with van der Waals surface area (Å²) < 4.78 is 5.96. The molecule has 2 aromatic rings. The van der Waals surface area contributed by atoms with Gasteiger partial charge in [0.1, 0.15) is 11.5 Å². The molecule has 0 spiro atoms. The molecule has 9 nitrogen and oxygen atoms in total. The molecule has 0 radical (unpaired) electrons. The normalized spacial score (nSPS) is 12.3. The molecule has 1 aliphatic rings. The van der Waals surface area contributed by atoms with Crippen molar-refractivity contribution in [3.05, 3.63) is 39.3 Å². The van der Waals surface area contributed by atoms with Gasteiger partial charge in [-0.3, -0.25) is 9.36 Å². The highest BCUT2D eigenvalue weighted by atomic mass is 35.5. The Kier molecular flexibility index (Phi) is 11.7. The van der Waals surface area contributed by atoms with Gasteiger partial charge in [-0.05, 0) is 44.4 Å². The van der Waals surface area contributed by atoms with Gasteiger partial charge in [-0.25, -0.2) is 9.78 Å². The van der Waals surface area contributed by atoms with Crippen molar-refractivity contribution in [3.8, 4) is 11.4 Å². The number of aryl methyl sites for hydroxylation is 1. The highest BCUT2D eigenvalue weighted by Gasteiger charge is 2.17. The van der Waals surface area contributed by atoms with Gasteiger partial charge < -0.3 is 25.4 Å². The van der Waals surface area contributed by atoms with Gasteiger partial charge in [-0.15, -0.1) is 0 Å². The van der Waals surface area contributed by atoms with Crippen molar-refractivity contribution in [2.45, 2.75) is 33.1 Å². The van der Waals surface area contributed by atoms with Crippen LogP contribution in [0.25, 0.3) is 11.4 Å². The number of benzene rings is 1. The molecule has 1 aromatic heterocycles. The first-order valence-corrected chi connectivity index (χ1v) is 11.3. The molecule has 1 fully saturated rings. The van der Waals surface area contributed by atoms with Crippen LogP contribution in [0.4, 0.5) is 16.2 Å². The SMILES string of the molecule is CCO.CCc1nc(-c2ccc(N(C)C)cc2Cl)n(C)c(=O)c1N.COC(=O)N1CCCC1. The fourth-order valence-corrected chi connectivity index (χ4v) is 3.43. The lowest BCUT2D eigenvalue weighted by atomic mass is 10.1. The van der Waals surface area contributed by atoms with E-state index in [0.29, 0.717) is 23.0 Å². The Labute approximate surface area is 200 Å². The molecule has 0 unspecified atom stereocenters. The van der Waals surface area contributed by atoms with Crippen molar-refractivity contribution in [3.63, 3.8) is 0 Å². The third kappa shape index (κ3) is 7.64. The molecule has 184 valence electrons. The number of anilines is 2. The van der Waals surface area contributed by atoms with Crippen molar-refractivity contribution in [2.24, 2.45) is 7.05 Å². The van der Waals surface area contributed by atoms with E-state index in [2.05, 4.69) is 9.72 Å². The number of nitrogens with two attached hydrogens (primary N) is 1. The number of carbonyl (C=O) groups is 1. The number of hydrogen-bond acceptors (Lipinski definition) is 7. The van der Waals surface area contributed by atoms with Crippen molar-refractivity contribution < 1.29 is 14.6 Å². The first-order valence-electron chi connectivity index (χ1n) is 10.9. The third-order valence-electron chi connectivity index (χ3n) is 4.99. The number of aromatic nitrogens is 2. The number of amides is 1. The van der Waals surface area contributed by atoms with Crippen LogP contribution >= 0.6 is 11.6 Å². The van der Waals surface area contributed by atoms with Crippen LogP contribution in [0.3, 0.4) is 0 Å². The maximum absolute atomic E-state index is 12.2. The molecule has 1 saturated heterocycles. The number of ether oxygens (including phenoxy) is 1. The first-order chi connectivity index (χ1) is 15.6. The van der Waals surface area contributed by atoms with E-state index < -0.39 is 0 Å². The van der Waals surface area contributed by atoms with Gasteiger partial charge in [-0.1, -0.05) is 18.5 Å². The van der Waals surface area contributed by atoms with Crippen molar-refractivity contribution in [1.82, 2.24) is 14.5 Å². The summed E-state index contributed by atoms with van der Waals surface area (Å²) in [6.45, 7) is 5.58. The molecule has 1 aromatic carbocycles. The lowest BCUT2D eigenvalue weighted by Gasteiger charge is -2.16. The zero-order chi connectivity index (χ0) is 25.1. The average molecular weight is 482 g/mol. The van der Waals surface area contributed by atoms with Crippen LogP contribution in [-0.4, -0.2) is 66.6 Å². The van der Waals surface area contributed by atoms with Crippen LogP contribution in [0.1, 0.15) is 32.4 Å². The molecule has 0 saturated carbocycles. The van der Waals surface area contributed by atoms with Gasteiger partial charge >= 0.3 is 6.09 Å². The molecule has 3 rings (SSSR count). The summed E-state index contributed by atoms with van der Waals surface area (Å²) in [7, 11) is 6.95. The highest BCUT2D eigenvalue weighted by molar-refractivity contribution is 6.33. The minimum atomic E-state index is -0.246. The van der Waals surface area contributed by atoms with E-state index in [4.69, 9.17) is 22.4 Å². The highest BCUT2D eigenvalue weighted by Crippen LogP contribution is 2.30. The Morgan fingerprint density at radius 3 is 2.30 bits per heavy atom. The van der Waals surface area contributed by atoms with Gasteiger partial charge in [0.2, 0.25) is 0 Å². The minimum Gasteiger partial charge on any atom is -0.453 e. The summed E-state index contributed by atoms with van der Waals surface area (Å²) in [5, 5.41) is 8.12. The lowest BCUT2D eigenvalue weighted by Crippen LogP contribution is -2.27. The van der Waals surface area contributed by atoms with Crippen LogP contribution in [0.2, 0.25) is 5.02 Å². The number of halogens is 1. The van der Waals surface area contributed by atoms with Gasteiger partial charge in [0.05, 0.1) is 17.8 Å². The second-order valence-electron chi connectivity index (χ2n) is 7.55. The van der Waals surface area contributed by atoms with Crippen LogP contribution in [-0.2, 0) is 18.2 Å². The minimum absolute atomic E-state index is 0.187. The zero-order valence-corrected chi connectivity index (χ0v) is 21.1. The smallest absolute Gasteiger partial charge is 0.409 e. The number of nitrogen functional groups attached to an aromatic ring is 1. The largest absolute Gasteiger partial charge is 0.453 e. The molecule has 1 amide bonds. The quantitative estimate of drug-likeness (QED) is 0.692. The Hall–Kier alpha value is -2.78. The predicted octanol–water partition coefficient (Wildman–Crippen LogP) is 3.16.